The Morgan fingerprint density at radius 1 is 1.15 bits per heavy atom. The number of nitrogens with one attached hydrogen (secondary N) is 1. The Morgan fingerprint density at radius 2 is 1.96 bits per heavy atom. The molecule has 136 valence electrons. The summed E-state index contributed by atoms with van der Waals surface area (Å²) in [4.78, 5) is 25.8. The van der Waals surface area contributed by atoms with Gasteiger partial charge >= 0.3 is 0 Å². The molecule has 3 aromatic rings. The summed E-state index contributed by atoms with van der Waals surface area (Å²) >= 11 is 0. The maximum Gasteiger partial charge on any atom is 0.261 e. The minimum absolute atomic E-state index is 0.142. The molecule has 0 radical (unpaired) electrons. The lowest BCUT2D eigenvalue weighted by molar-refractivity contribution is 0.102. The van der Waals surface area contributed by atoms with Gasteiger partial charge in [0, 0.05) is 29.4 Å². The molecule has 1 atom stereocenters. The normalized spacial score (nSPS) is 17.1. The van der Waals surface area contributed by atoms with Gasteiger partial charge in [0.25, 0.3) is 5.91 Å². The van der Waals surface area contributed by atoms with Crippen LogP contribution in [0, 0.1) is 0 Å². The van der Waals surface area contributed by atoms with Crippen LogP contribution in [0.25, 0.3) is 10.9 Å². The molecule has 0 fully saturated rings. The molecule has 0 bridgehead atoms. The molecular formula is C21H18N2O4. The molecule has 1 aromatic heterocycles. The highest BCUT2D eigenvalue weighted by molar-refractivity contribution is 6.06. The molecule has 27 heavy (non-hydrogen) atoms. The summed E-state index contributed by atoms with van der Waals surface area (Å²) < 4.78 is 13.1. The zero-order valence-corrected chi connectivity index (χ0v) is 14.8. The number of amides is 1. The van der Waals surface area contributed by atoms with Crippen LogP contribution in [0.1, 0.15) is 28.9 Å². The summed E-state index contributed by atoms with van der Waals surface area (Å²) in [5.41, 5.74) is 2.55. The van der Waals surface area contributed by atoms with E-state index in [0.717, 1.165) is 17.5 Å². The van der Waals surface area contributed by atoms with Crippen LogP contribution in [0.4, 0.5) is 5.69 Å². The highest BCUT2D eigenvalue weighted by atomic mass is 16.6. The molecule has 6 nitrogen and oxygen atoms in total. The van der Waals surface area contributed by atoms with Crippen LogP contribution < -0.4 is 20.2 Å². The number of fused-ring (bicyclic) bond motifs is 1. The third-order valence-electron chi connectivity index (χ3n) is 5.17. The van der Waals surface area contributed by atoms with Gasteiger partial charge < -0.3 is 19.4 Å². The molecule has 5 rings (SSSR count). The number of hydrogen-bond donors (Lipinski definition) is 1. The van der Waals surface area contributed by atoms with E-state index >= 15 is 0 Å². The third kappa shape index (κ3) is 2.48. The summed E-state index contributed by atoms with van der Waals surface area (Å²) in [5, 5.41) is 3.40. The maximum absolute atomic E-state index is 12.9. The molecule has 1 amide bonds. The second kappa shape index (κ2) is 5.87. The van der Waals surface area contributed by atoms with Crippen LogP contribution >= 0.6 is 0 Å². The molecule has 0 unspecified atom stereocenters. The van der Waals surface area contributed by atoms with Gasteiger partial charge in [-0.3, -0.25) is 9.59 Å². The van der Waals surface area contributed by atoms with Crippen molar-refractivity contribution in [3.63, 3.8) is 0 Å². The molecule has 2 aliphatic rings. The Kier molecular flexibility index (Phi) is 3.47. The lowest BCUT2D eigenvalue weighted by Gasteiger charge is -2.19. The number of carbonyl (C=O) groups excluding carboxylic acids is 1. The average Bonchev–Trinajstić information content (AvgIpc) is 3.00. The van der Waals surface area contributed by atoms with Crippen LogP contribution in [0.15, 0.2) is 47.4 Å². The monoisotopic (exact) mass is 362 g/mol. The summed E-state index contributed by atoms with van der Waals surface area (Å²) in [6.45, 7) is 3.07. The van der Waals surface area contributed by atoms with Crippen LogP contribution in [-0.4, -0.2) is 23.7 Å². The van der Waals surface area contributed by atoms with E-state index in [4.69, 9.17) is 9.47 Å². The molecule has 0 aliphatic carbocycles. The Labute approximate surface area is 155 Å². The smallest absolute Gasteiger partial charge is 0.261 e. The number of anilines is 1. The molecular weight excluding hydrogens is 344 g/mol. The van der Waals surface area contributed by atoms with Crippen molar-refractivity contribution in [2.24, 2.45) is 0 Å². The highest BCUT2D eigenvalue weighted by Crippen LogP contribution is 2.33. The van der Waals surface area contributed by atoms with Gasteiger partial charge in [0.05, 0.1) is 5.52 Å². The fourth-order valence-electron chi connectivity index (χ4n) is 3.90. The number of ether oxygens (including phenoxy) is 2. The van der Waals surface area contributed by atoms with E-state index in [0.29, 0.717) is 35.8 Å². The molecule has 2 aromatic carbocycles. The summed E-state index contributed by atoms with van der Waals surface area (Å²) in [6.07, 6.45) is 2.54. The number of rotatable bonds is 2. The molecule has 1 N–H and O–H groups in total. The fourth-order valence-corrected chi connectivity index (χ4v) is 3.90. The number of carbonyl (C=O) groups is 1. The zero-order chi connectivity index (χ0) is 18.5. The SMILES string of the molecule is C[C@@H]1Cc2cccc3c(=O)c(C(=O)Nc4ccc5c(c4)OCCO5)cn1c23. The molecule has 3 heterocycles. The van der Waals surface area contributed by atoms with Gasteiger partial charge in [-0.1, -0.05) is 12.1 Å². The lowest BCUT2D eigenvalue weighted by atomic mass is 10.1. The third-order valence-corrected chi connectivity index (χ3v) is 5.17. The van der Waals surface area contributed by atoms with E-state index in [1.165, 1.54) is 0 Å². The van der Waals surface area contributed by atoms with Crippen LogP contribution in [0.5, 0.6) is 11.5 Å². The van der Waals surface area contributed by atoms with E-state index in [1.807, 2.05) is 16.7 Å². The van der Waals surface area contributed by atoms with Crippen molar-refractivity contribution >= 4 is 22.5 Å². The van der Waals surface area contributed by atoms with Gasteiger partial charge in [0.2, 0.25) is 5.43 Å². The Hall–Kier alpha value is -3.28. The van der Waals surface area contributed by atoms with Crippen molar-refractivity contribution in [1.29, 1.82) is 0 Å². The van der Waals surface area contributed by atoms with Crippen molar-refractivity contribution in [3.8, 4) is 11.5 Å². The van der Waals surface area contributed by atoms with E-state index < -0.39 is 5.91 Å². The van der Waals surface area contributed by atoms with Gasteiger partial charge in [-0.25, -0.2) is 0 Å². The number of nitrogens with zero attached hydrogens (tertiary/aromatic N) is 1. The van der Waals surface area contributed by atoms with Crippen molar-refractivity contribution in [2.45, 2.75) is 19.4 Å². The number of benzene rings is 2. The molecule has 6 heteroatoms. The summed E-state index contributed by atoms with van der Waals surface area (Å²) in [6, 6.07) is 11.1. The van der Waals surface area contributed by atoms with Gasteiger partial charge in [-0.15, -0.1) is 0 Å². The highest BCUT2D eigenvalue weighted by Gasteiger charge is 2.24. The molecule has 2 aliphatic heterocycles. The fraction of sp³-hybridized carbons (Fsp3) is 0.238. The first-order valence-electron chi connectivity index (χ1n) is 8.99. The zero-order valence-electron chi connectivity index (χ0n) is 14.8. The molecule has 0 saturated heterocycles. The largest absolute Gasteiger partial charge is 0.486 e. The Balaban J connectivity index is 1.54. The Morgan fingerprint density at radius 3 is 2.81 bits per heavy atom. The predicted octanol–water partition coefficient (Wildman–Crippen LogP) is 3.14. The van der Waals surface area contributed by atoms with Crippen molar-refractivity contribution < 1.29 is 14.3 Å². The average molecular weight is 362 g/mol. The molecule has 0 spiro atoms. The molecule has 0 saturated carbocycles. The van der Waals surface area contributed by atoms with Gasteiger partial charge in [-0.05, 0) is 37.1 Å². The van der Waals surface area contributed by atoms with E-state index in [-0.39, 0.29) is 17.0 Å². The predicted molar refractivity (Wildman–Crippen MR) is 102 cm³/mol. The van der Waals surface area contributed by atoms with Crippen LogP contribution in [0.3, 0.4) is 0 Å². The van der Waals surface area contributed by atoms with Crippen molar-refractivity contribution in [1.82, 2.24) is 4.57 Å². The van der Waals surface area contributed by atoms with Crippen molar-refractivity contribution in [3.05, 3.63) is 63.9 Å². The topological polar surface area (TPSA) is 69.6 Å². The van der Waals surface area contributed by atoms with Crippen LogP contribution in [0.2, 0.25) is 0 Å². The first-order chi connectivity index (χ1) is 13.1. The lowest BCUT2D eigenvalue weighted by Crippen LogP contribution is -2.24. The Bertz CT molecular complexity index is 1150. The first-order valence-corrected chi connectivity index (χ1v) is 8.99. The minimum atomic E-state index is -0.424. The number of para-hydroxylation sites is 1. The summed E-state index contributed by atoms with van der Waals surface area (Å²) in [5.74, 6) is 0.817. The van der Waals surface area contributed by atoms with Gasteiger partial charge in [0.1, 0.15) is 18.8 Å². The quantitative estimate of drug-likeness (QED) is 0.760. The minimum Gasteiger partial charge on any atom is -0.486 e. The number of pyridine rings is 1. The van der Waals surface area contributed by atoms with E-state index in [1.54, 1.807) is 30.5 Å². The van der Waals surface area contributed by atoms with Gasteiger partial charge in [-0.2, -0.15) is 0 Å². The van der Waals surface area contributed by atoms with Crippen molar-refractivity contribution in [2.75, 3.05) is 18.5 Å². The second-order valence-electron chi connectivity index (χ2n) is 6.96. The number of hydrogen-bond acceptors (Lipinski definition) is 4. The van der Waals surface area contributed by atoms with Gasteiger partial charge in [0.15, 0.2) is 11.5 Å². The standard InChI is InChI=1S/C21H18N2O4/c1-12-9-13-3-2-4-15-19(13)23(12)11-16(20(15)24)21(25)22-14-5-6-17-18(10-14)27-8-7-26-17/h2-6,10-12H,7-9H2,1H3,(H,22,25)/t12-/m1/s1. The summed E-state index contributed by atoms with van der Waals surface area (Å²) in [7, 11) is 0. The second-order valence-corrected chi connectivity index (χ2v) is 6.96. The number of aromatic nitrogens is 1. The van der Waals surface area contributed by atoms with Crippen LogP contribution in [-0.2, 0) is 6.42 Å². The first kappa shape index (κ1) is 15.9. The van der Waals surface area contributed by atoms with E-state index in [9.17, 15) is 9.59 Å². The van der Waals surface area contributed by atoms with E-state index in [2.05, 4.69) is 12.2 Å². The maximum atomic E-state index is 12.9.